The monoisotopic (exact) mass is 544 g/mol. The highest BCUT2D eigenvalue weighted by molar-refractivity contribution is 5.99. The molecule has 2 N–H and O–H groups in total. The minimum Gasteiger partial charge on any atom is -0.496 e. The smallest absolute Gasteiger partial charge is 0.326 e. The zero-order valence-corrected chi connectivity index (χ0v) is 23.7. The van der Waals surface area contributed by atoms with Gasteiger partial charge in [-0.25, -0.2) is 4.79 Å². The van der Waals surface area contributed by atoms with Crippen LogP contribution in [0.3, 0.4) is 0 Å². The molecule has 0 heterocycles. The van der Waals surface area contributed by atoms with Crippen LogP contribution in [0.1, 0.15) is 67.8 Å². The van der Waals surface area contributed by atoms with Gasteiger partial charge in [0.1, 0.15) is 11.8 Å². The molecular formula is C33H40N2O5. The Kier molecular flexibility index (Phi) is 11.8. The van der Waals surface area contributed by atoms with Crippen LogP contribution in [0.25, 0.3) is 11.1 Å². The van der Waals surface area contributed by atoms with E-state index in [1.807, 2.05) is 48.5 Å². The van der Waals surface area contributed by atoms with Gasteiger partial charge < -0.3 is 20.1 Å². The first-order chi connectivity index (χ1) is 19.3. The molecule has 0 aliphatic rings. The number of hydrogen-bond acceptors (Lipinski definition) is 4. The maximum absolute atomic E-state index is 13.2. The van der Waals surface area contributed by atoms with Crippen LogP contribution in [0.2, 0.25) is 0 Å². The molecule has 2 amide bonds. The fourth-order valence-electron chi connectivity index (χ4n) is 4.71. The number of benzene rings is 3. The van der Waals surface area contributed by atoms with E-state index in [4.69, 9.17) is 4.74 Å². The summed E-state index contributed by atoms with van der Waals surface area (Å²) < 4.78 is 5.27. The number of carbonyl (C=O) groups excluding carboxylic acids is 2. The Labute approximate surface area is 237 Å². The van der Waals surface area contributed by atoms with Gasteiger partial charge in [0.25, 0.3) is 5.91 Å². The third kappa shape index (κ3) is 8.43. The van der Waals surface area contributed by atoms with Gasteiger partial charge in [0.15, 0.2) is 0 Å². The van der Waals surface area contributed by atoms with Crippen LogP contribution < -0.4 is 15.0 Å². The quantitative estimate of drug-likeness (QED) is 0.213. The van der Waals surface area contributed by atoms with Crippen molar-refractivity contribution in [2.24, 2.45) is 0 Å². The number of amides is 2. The number of hydrogen-bond donors (Lipinski definition) is 2. The second-order valence-corrected chi connectivity index (χ2v) is 9.95. The molecule has 0 saturated heterocycles. The van der Waals surface area contributed by atoms with Crippen molar-refractivity contribution in [2.45, 2.75) is 64.3 Å². The van der Waals surface area contributed by atoms with Crippen LogP contribution in [0.4, 0.5) is 5.69 Å². The third-order valence-electron chi connectivity index (χ3n) is 7.05. The summed E-state index contributed by atoms with van der Waals surface area (Å²) in [6.07, 6.45) is 6.94. The number of aliphatic carboxylic acids is 1. The van der Waals surface area contributed by atoms with Crippen molar-refractivity contribution >= 4 is 23.5 Å². The van der Waals surface area contributed by atoms with E-state index in [1.54, 1.807) is 36.2 Å². The number of ether oxygens (including phenoxy) is 1. The van der Waals surface area contributed by atoms with Gasteiger partial charge in [0.2, 0.25) is 5.91 Å². The van der Waals surface area contributed by atoms with Crippen molar-refractivity contribution in [1.29, 1.82) is 0 Å². The molecule has 3 aromatic carbocycles. The molecule has 212 valence electrons. The van der Waals surface area contributed by atoms with E-state index in [0.29, 0.717) is 23.4 Å². The predicted molar refractivity (Wildman–Crippen MR) is 159 cm³/mol. The highest BCUT2D eigenvalue weighted by atomic mass is 16.5. The first-order valence-electron chi connectivity index (χ1n) is 14.0. The summed E-state index contributed by atoms with van der Waals surface area (Å²) in [5.41, 5.74) is 3.46. The molecule has 7 nitrogen and oxygen atoms in total. The van der Waals surface area contributed by atoms with E-state index in [2.05, 4.69) is 12.2 Å². The Morgan fingerprint density at radius 2 is 1.55 bits per heavy atom. The van der Waals surface area contributed by atoms with Gasteiger partial charge in [-0.05, 0) is 41.3 Å². The second-order valence-electron chi connectivity index (χ2n) is 9.95. The summed E-state index contributed by atoms with van der Waals surface area (Å²) in [6.45, 7) is 2.18. The number of carbonyl (C=O) groups is 3. The number of rotatable bonds is 15. The van der Waals surface area contributed by atoms with E-state index in [0.717, 1.165) is 30.4 Å². The number of carboxylic acids is 1. The zero-order chi connectivity index (χ0) is 28.9. The number of unbranched alkanes of at least 4 members (excludes halogenated alkanes) is 5. The molecule has 0 spiro atoms. The van der Waals surface area contributed by atoms with E-state index in [9.17, 15) is 19.5 Å². The molecular weight excluding hydrogens is 504 g/mol. The van der Waals surface area contributed by atoms with Crippen molar-refractivity contribution in [1.82, 2.24) is 5.32 Å². The zero-order valence-electron chi connectivity index (χ0n) is 23.7. The number of para-hydroxylation sites is 1. The normalized spacial score (nSPS) is 11.5. The van der Waals surface area contributed by atoms with Gasteiger partial charge in [-0.15, -0.1) is 0 Å². The fraction of sp³-hybridized carbons (Fsp3) is 0.364. The first kappa shape index (κ1) is 30.4. The second kappa shape index (κ2) is 15.5. The highest BCUT2D eigenvalue weighted by Crippen LogP contribution is 2.30. The van der Waals surface area contributed by atoms with Crippen molar-refractivity contribution in [3.05, 3.63) is 83.9 Å². The van der Waals surface area contributed by atoms with Gasteiger partial charge in [0, 0.05) is 25.6 Å². The van der Waals surface area contributed by atoms with Crippen LogP contribution >= 0.6 is 0 Å². The Bertz CT molecular complexity index is 1270. The summed E-state index contributed by atoms with van der Waals surface area (Å²) >= 11 is 0. The van der Waals surface area contributed by atoms with Gasteiger partial charge in [-0.1, -0.05) is 93.6 Å². The molecule has 0 saturated carbocycles. The van der Waals surface area contributed by atoms with Crippen LogP contribution in [0.5, 0.6) is 5.75 Å². The first-order valence-corrected chi connectivity index (χ1v) is 14.0. The summed E-state index contributed by atoms with van der Waals surface area (Å²) in [6, 6.07) is 21.0. The SMILES string of the molecule is CCCCCCCCC(=O)N(C)c1cc(-c2ccccc2)ccc1CC(NC(=O)c1ccccc1OC)C(=O)O. The molecule has 0 radical (unpaired) electrons. The van der Waals surface area contributed by atoms with Gasteiger partial charge in [0.05, 0.1) is 12.7 Å². The van der Waals surface area contributed by atoms with Crippen molar-refractivity contribution in [3.63, 3.8) is 0 Å². The van der Waals surface area contributed by atoms with Crippen molar-refractivity contribution in [2.75, 3.05) is 19.1 Å². The lowest BCUT2D eigenvalue weighted by atomic mass is 9.97. The molecule has 7 heteroatoms. The topological polar surface area (TPSA) is 95.9 Å². The van der Waals surface area contributed by atoms with Gasteiger partial charge in [-0.3, -0.25) is 9.59 Å². The summed E-state index contributed by atoms with van der Waals surface area (Å²) in [5.74, 6) is -1.37. The minimum absolute atomic E-state index is 0.00919. The van der Waals surface area contributed by atoms with Crippen LogP contribution in [-0.2, 0) is 16.0 Å². The lowest BCUT2D eigenvalue weighted by Gasteiger charge is -2.24. The van der Waals surface area contributed by atoms with E-state index >= 15 is 0 Å². The molecule has 0 aromatic heterocycles. The Morgan fingerprint density at radius 3 is 2.25 bits per heavy atom. The minimum atomic E-state index is -1.21. The lowest BCUT2D eigenvalue weighted by Crippen LogP contribution is -2.42. The Hall–Kier alpha value is -4.13. The largest absolute Gasteiger partial charge is 0.496 e. The lowest BCUT2D eigenvalue weighted by molar-refractivity contribution is -0.139. The van der Waals surface area contributed by atoms with Gasteiger partial charge >= 0.3 is 5.97 Å². The molecule has 1 unspecified atom stereocenters. The van der Waals surface area contributed by atoms with Crippen molar-refractivity contribution in [3.8, 4) is 16.9 Å². The average Bonchev–Trinajstić information content (AvgIpc) is 2.98. The van der Waals surface area contributed by atoms with Crippen LogP contribution in [0, 0.1) is 0 Å². The molecule has 40 heavy (non-hydrogen) atoms. The predicted octanol–water partition coefficient (Wildman–Crippen LogP) is 6.50. The maximum atomic E-state index is 13.2. The van der Waals surface area contributed by atoms with Gasteiger partial charge in [-0.2, -0.15) is 0 Å². The number of anilines is 1. The van der Waals surface area contributed by atoms with Crippen LogP contribution in [-0.4, -0.2) is 43.1 Å². The molecule has 0 aliphatic carbocycles. The standard InChI is InChI=1S/C33H40N2O5/c1-4-5-6-7-8-12-19-31(36)35(2)29-23-25(24-15-10-9-11-16-24)20-21-26(29)22-28(33(38)39)34-32(37)27-17-13-14-18-30(27)40-3/h9-11,13-18,20-21,23,28H,4-8,12,19,22H2,1-3H3,(H,34,37)(H,38,39). The maximum Gasteiger partial charge on any atom is 0.326 e. The molecule has 3 aromatic rings. The number of carboxylic acid groups (broad SMARTS) is 1. The molecule has 0 aliphatic heterocycles. The fourth-order valence-corrected chi connectivity index (χ4v) is 4.71. The van der Waals surface area contributed by atoms with Crippen LogP contribution in [0.15, 0.2) is 72.8 Å². The number of nitrogens with one attached hydrogen (secondary N) is 1. The summed E-state index contributed by atoms with van der Waals surface area (Å²) in [4.78, 5) is 40.1. The average molecular weight is 545 g/mol. The molecule has 0 fully saturated rings. The summed E-state index contributed by atoms with van der Waals surface area (Å²) in [7, 11) is 3.19. The highest BCUT2D eigenvalue weighted by Gasteiger charge is 2.25. The van der Waals surface area contributed by atoms with E-state index < -0.39 is 17.9 Å². The molecule has 3 rings (SSSR count). The molecule has 0 bridgehead atoms. The van der Waals surface area contributed by atoms with Crippen molar-refractivity contribution < 1.29 is 24.2 Å². The van der Waals surface area contributed by atoms with E-state index in [1.165, 1.54) is 26.4 Å². The van der Waals surface area contributed by atoms with E-state index in [-0.39, 0.29) is 17.9 Å². The third-order valence-corrected chi connectivity index (χ3v) is 7.05. The number of methoxy groups -OCH3 is 1. The summed E-state index contributed by atoms with van der Waals surface area (Å²) in [5, 5.41) is 12.6. The Balaban J connectivity index is 1.85. The molecule has 1 atom stereocenters. The number of nitrogens with zero attached hydrogens (tertiary/aromatic N) is 1. The Morgan fingerprint density at radius 1 is 0.875 bits per heavy atom.